The molecule has 0 radical (unpaired) electrons. The molecule has 1 aliphatic heterocycles. The van der Waals surface area contributed by atoms with E-state index in [2.05, 4.69) is 39.5 Å². The second-order valence-electron chi connectivity index (χ2n) is 6.10. The molecule has 2 aromatic carbocycles. The van der Waals surface area contributed by atoms with Crippen LogP contribution in [0.4, 0.5) is 16.2 Å². The van der Waals surface area contributed by atoms with Gasteiger partial charge in [-0.15, -0.1) is 0 Å². The molecular weight excluding hydrogens is 336 g/mol. The SMILES string of the molecule is O=C(Nc1ccccc1Cl)N1CCN(c2cccc3[nH]ccc23)CC1. The highest BCUT2D eigenvalue weighted by atomic mass is 35.5. The first-order valence-corrected chi connectivity index (χ1v) is 8.72. The Kier molecular flexibility index (Phi) is 4.24. The number of nitrogens with one attached hydrogen (secondary N) is 2. The van der Waals surface area contributed by atoms with Gasteiger partial charge in [0.2, 0.25) is 0 Å². The summed E-state index contributed by atoms with van der Waals surface area (Å²) < 4.78 is 0. The summed E-state index contributed by atoms with van der Waals surface area (Å²) in [4.78, 5) is 19.9. The van der Waals surface area contributed by atoms with E-state index in [0.717, 1.165) is 18.6 Å². The first-order chi connectivity index (χ1) is 12.2. The summed E-state index contributed by atoms with van der Waals surface area (Å²) in [6, 6.07) is 15.5. The van der Waals surface area contributed by atoms with Crippen molar-refractivity contribution in [3.05, 3.63) is 59.8 Å². The van der Waals surface area contributed by atoms with Gasteiger partial charge < -0.3 is 20.1 Å². The van der Waals surface area contributed by atoms with Gasteiger partial charge in [0.1, 0.15) is 0 Å². The molecule has 1 aromatic heterocycles. The summed E-state index contributed by atoms with van der Waals surface area (Å²) in [5, 5.41) is 4.66. The Morgan fingerprint density at radius 1 is 1.00 bits per heavy atom. The number of hydrogen-bond acceptors (Lipinski definition) is 2. The highest BCUT2D eigenvalue weighted by molar-refractivity contribution is 6.33. The van der Waals surface area contributed by atoms with Crippen LogP contribution in [0.5, 0.6) is 0 Å². The Hall–Kier alpha value is -2.66. The van der Waals surface area contributed by atoms with Gasteiger partial charge in [0.15, 0.2) is 0 Å². The number of carbonyl (C=O) groups excluding carboxylic acids is 1. The van der Waals surface area contributed by atoms with E-state index in [0.29, 0.717) is 23.8 Å². The van der Waals surface area contributed by atoms with Crippen molar-refractivity contribution in [1.82, 2.24) is 9.88 Å². The van der Waals surface area contributed by atoms with Crippen LogP contribution in [0.15, 0.2) is 54.7 Å². The van der Waals surface area contributed by atoms with E-state index in [-0.39, 0.29) is 6.03 Å². The van der Waals surface area contributed by atoms with Gasteiger partial charge in [-0.1, -0.05) is 29.8 Å². The number of nitrogens with zero attached hydrogens (tertiary/aromatic N) is 2. The van der Waals surface area contributed by atoms with Crippen LogP contribution in [0.25, 0.3) is 10.9 Å². The molecule has 0 saturated carbocycles. The molecule has 1 fully saturated rings. The number of aromatic amines is 1. The molecule has 3 aromatic rings. The summed E-state index contributed by atoms with van der Waals surface area (Å²) in [5.41, 5.74) is 3.00. The Labute approximate surface area is 151 Å². The number of para-hydroxylation sites is 1. The minimum Gasteiger partial charge on any atom is -0.367 e. The smallest absolute Gasteiger partial charge is 0.322 e. The summed E-state index contributed by atoms with van der Waals surface area (Å²) in [7, 11) is 0. The molecule has 0 bridgehead atoms. The Morgan fingerprint density at radius 2 is 1.80 bits per heavy atom. The van der Waals surface area contributed by atoms with Gasteiger partial charge in [0, 0.05) is 49.0 Å². The molecule has 5 nitrogen and oxygen atoms in total. The van der Waals surface area contributed by atoms with Crippen LogP contribution < -0.4 is 10.2 Å². The number of piperazine rings is 1. The van der Waals surface area contributed by atoms with Gasteiger partial charge in [0.05, 0.1) is 10.7 Å². The van der Waals surface area contributed by atoms with Crippen molar-refractivity contribution in [3.63, 3.8) is 0 Å². The fraction of sp³-hybridized carbons (Fsp3) is 0.211. The third-order valence-electron chi connectivity index (χ3n) is 4.59. The number of carbonyl (C=O) groups is 1. The maximum absolute atomic E-state index is 12.5. The van der Waals surface area contributed by atoms with Gasteiger partial charge in [-0.05, 0) is 30.3 Å². The number of aromatic nitrogens is 1. The fourth-order valence-electron chi connectivity index (χ4n) is 3.25. The average Bonchev–Trinajstić information content (AvgIpc) is 3.12. The van der Waals surface area contributed by atoms with Gasteiger partial charge in [0.25, 0.3) is 0 Å². The molecule has 2 N–H and O–H groups in total. The molecule has 1 aliphatic rings. The van der Waals surface area contributed by atoms with E-state index in [1.807, 2.05) is 29.3 Å². The Bertz CT molecular complexity index is 899. The van der Waals surface area contributed by atoms with Crippen molar-refractivity contribution < 1.29 is 4.79 Å². The highest BCUT2D eigenvalue weighted by Crippen LogP contribution is 2.27. The number of urea groups is 1. The summed E-state index contributed by atoms with van der Waals surface area (Å²) >= 11 is 6.11. The molecule has 25 heavy (non-hydrogen) atoms. The molecule has 1 saturated heterocycles. The predicted molar refractivity (Wildman–Crippen MR) is 103 cm³/mol. The van der Waals surface area contributed by atoms with Crippen molar-refractivity contribution in [1.29, 1.82) is 0 Å². The summed E-state index contributed by atoms with van der Waals surface area (Å²) in [6.07, 6.45) is 1.96. The lowest BCUT2D eigenvalue weighted by atomic mass is 10.2. The lowest BCUT2D eigenvalue weighted by molar-refractivity contribution is 0.208. The van der Waals surface area contributed by atoms with Crippen molar-refractivity contribution >= 4 is 39.9 Å². The zero-order valence-electron chi connectivity index (χ0n) is 13.7. The Morgan fingerprint density at radius 3 is 2.60 bits per heavy atom. The second kappa shape index (κ2) is 6.69. The molecule has 0 aliphatic carbocycles. The van der Waals surface area contributed by atoms with Crippen LogP contribution in [0.3, 0.4) is 0 Å². The largest absolute Gasteiger partial charge is 0.367 e. The molecule has 0 atom stereocenters. The van der Waals surface area contributed by atoms with Gasteiger partial charge >= 0.3 is 6.03 Å². The van der Waals surface area contributed by atoms with Gasteiger partial charge in [-0.3, -0.25) is 0 Å². The molecule has 6 heteroatoms. The first-order valence-electron chi connectivity index (χ1n) is 8.34. The van der Waals surface area contributed by atoms with Crippen LogP contribution in [0, 0.1) is 0 Å². The molecule has 128 valence electrons. The Balaban J connectivity index is 1.42. The topological polar surface area (TPSA) is 51.4 Å². The van der Waals surface area contributed by atoms with Crippen molar-refractivity contribution in [2.24, 2.45) is 0 Å². The monoisotopic (exact) mass is 354 g/mol. The van der Waals surface area contributed by atoms with Crippen molar-refractivity contribution in [3.8, 4) is 0 Å². The lowest BCUT2D eigenvalue weighted by Gasteiger charge is -2.36. The second-order valence-corrected chi connectivity index (χ2v) is 6.51. The van der Waals surface area contributed by atoms with Crippen LogP contribution in [0.1, 0.15) is 0 Å². The predicted octanol–water partition coefficient (Wildman–Crippen LogP) is 4.18. The number of fused-ring (bicyclic) bond motifs is 1. The lowest BCUT2D eigenvalue weighted by Crippen LogP contribution is -2.50. The number of benzene rings is 2. The maximum atomic E-state index is 12.5. The number of H-pyrrole nitrogens is 1. The van der Waals surface area contributed by atoms with Crippen molar-refractivity contribution in [2.75, 3.05) is 36.4 Å². The maximum Gasteiger partial charge on any atom is 0.322 e. The van der Waals surface area contributed by atoms with Crippen LogP contribution >= 0.6 is 11.6 Å². The molecule has 4 rings (SSSR count). The van der Waals surface area contributed by atoms with Crippen LogP contribution in [-0.2, 0) is 0 Å². The quantitative estimate of drug-likeness (QED) is 0.725. The fourth-order valence-corrected chi connectivity index (χ4v) is 3.43. The van der Waals surface area contributed by atoms with Gasteiger partial charge in [-0.25, -0.2) is 4.79 Å². The third kappa shape index (κ3) is 3.15. The first kappa shape index (κ1) is 15.8. The number of anilines is 2. The number of halogens is 1. The van der Waals surface area contributed by atoms with E-state index in [1.165, 1.54) is 11.1 Å². The molecule has 2 heterocycles. The molecule has 0 unspecified atom stereocenters. The highest BCUT2D eigenvalue weighted by Gasteiger charge is 2.22. The molecule has 2 amide bonds. The molecule has 0 spiro atoms. The van der Waals surface area contributed by atoms with Crippen LogP contribution in [0.2, 0.25) is 5.02 Å². The normalized spacial score (nSPS) is 14.8. The van der Waals surface area contributed by atoms with E-state index in [1.54, 1.807) is 6.07 Å². The standard InChI is InChI=1S/C19H19ClN4O/c20-15-4-1-2-5-17(15)22-19(25)24-12-10-23(11-13-24)18-7-3-6-16-14(18)8-9-21-16/h1-9,21H,10-13H2,(H,22,25). The summed E-state index contributed by atoms with van der Waals surface area (Å²) in [6.45, 7) is 2.97. The van der Waals surface area contributed by atoms with E-state index in [9.17, 15) is 4.79 Å². The molecular formula is C19H19ClN4O. The number of hydrogen-bond donors (Lipinski definition) is 2. The third-order valence-corrected chi connectivity index (χ3v) is 4.92. The van der Waals surface area contributed by atoms with Gasteiger partial charge in [-0.2, -0.15) is 0 Å². The van der Waals surface area contributed by atoms with Crippen LogP contribution in [-0.4, -0.2) is 42.1 Å². The van der Waals surface area contributed by atoms with E-state index in [4.69, 9.17) is 11.6 Å². The van der Waals surface area contributed by atoms with E-state index < -0.39 is 0 Å². The zero-order chi connectivity index (χ0) is 17.2. The van der Waals surface area contributed by atoms with E-state index >= 15 is 0 Å². The minimum absolute atomic E-state index is 0.104. The average molecular weight is 355 g/mol. The number of rotatable bonds is 2. The van der Waals surface area contributed by atoms with Crippen molar-refractivity contribution in [2.45, 2.75) is 0 Å². The zero-order valence-corrected chi connectivity index (χ0v) is 14.5. The summed E-state index contributed by atoms with van der Waals surface area (Å²) in [5.74, 6) is 0. The number of amides is 2. The minimum atomic E-state index is -0.104.